The lowest BCUT2D eigenvalue weighted by molar-refractivity contribution is -0.138. The molecule has 0 radical (unpaired) electrons. The van der Waals surface area contributed by atoms with Crippen LogP contribution in [-0.4, -0.2) is 12.6 Å². The van der Waals surface area contributed by atoms with Crippen molar-refractivity contribution in [3.8, 4) is 6.07 Å². The van der Waals surface area contributed by atoms with E-state index in [4.69, 9.17) is 10.5 Å². The Balaban J connectivity index is 2.22. The molecule has 118 valence electrons. The zero-order chi connectivity index (χ0) is 16.6. The SMILES string of the molecule is CCOC(=O)C1=C(C)Nc2sc(C#N)c(N)c2C1c1cccs1. The van der Waals surface area contributed by atoms with Gasteiger partial charge in [-0.1, -0.05) is 6.07 Å². The number of ether oxygens (including phenoxy) is 1. The largest absolute Gasteiger partial charge is 0.463 e. The molecule has 0 fully saturated rings. The number of nitrogens with one attached hydrogen (secondary N) is 1. The van der Waals surface area contributed by atoms with E-state index in [-0.39, 0.29) is 11.9 Å². The first-order chi connectivity index (χ1) is 11.1. The molecule has 0 aliphatic carbocycles. The van der Waals surface area contributed by atoms with Crippen LogP contribution in [0.15, 0.2) is 28.8 Å². The van der Waals surface area contributed by atoms with Crippen LogP contribution in [-0.2, 0) is 9.53 Å². The van der Waals surface area contributed by atoms with E-state index in [0.29, 0.717) is 22.7 Å². The maximum Gasteiger partial charge on any atom is 0.336 e. The second kappa shape index (κ2) is 6.07. The number of nitriles is 1. The van der Waals surface area contributed by atoms with Crippen molar-refractivity contribution >= 4 is 39.3 Å². The molecule has 0 bridgehead atoms. The number of allylic oxidation sites excluding steroid dienone is 1. The van der Waals surface area contributed by atoms with Gasteiger partial charge in [-0.3, -0.25) is 0 Å². The van der Waals surface area contributed by atoms with Crippen LogP contribution in [0, 0.1) is 11.3 Å². The van der Waals surface area contributed by atoms with E-state index in [2.05, 4.69) is 11.4 Å². The number of carbonyl (C=O) groups excluding carboxylic acids is 1. The summed E-state index contributed by atoms with van der Waals surface area (Å²) in [5.41, 5.74) is 8.71. The average Bonchev–Trinajstić information content (AvgIpc) is 3.14. The third-order valence-electron chi connectivity index (χ3n) is 3.69. The summed E-state index contributed by atoms with van der Waals surface area (Å²) < 4.78 is 5.23. The van der Waals surface area contributed by atoms with Crippen molar-refractivity contribution in [2.45, 2.75) is 19.8 Å². The Kier molecular flexibility index (Phi) is 4.11. The van der Waals surface area contributed by atoms with E-state index in [1.54, 1.807) is 18.3 Å². The van der Waals surface area contributed by atoms with Crippen molar-refractivity contribution in [1.82, 2.24) is 0 Å². The molecule has 0 saturated carbocycles. The van der Waals surface area contributed by atoms with Crippen molar-refractivity contribution in [1.29, 1.82) is 5.26 Å². The van der Waals surface area contributed by atoms with Crippen molar-refractivity contribution in [2.75, 3.05) is 17.7 Å². The molecule has 1 aliphatic heterocycles. The van der Waals surface area contributed by atoms with E-state index in [9.17, 15) is 10.1 Å². The highest BCUT2D eigenvalue weighted by Gasteiger charge is 2.37. The van der Waals surface area contributed by atoms with Crippen LogP contribution in [0.5, 0.6) is 0 Å². The van der Waals surface area contributed by atoms with Gasteiger partial charge in [-0.25, -0.2) is 4.79 Å². The molecule has 7 heteroatoms. The number of anilines is 2. The smallest absolute Gasteiger partial charge is 0.336 e. The minimum absolute atomic E-state index is 0.302. The first-order valence-corrected chi connectivity index (χ1v) is 8.78. The van der Waals surface area contributed by atoms with E-state index < -0.39 is 0 Å². The number of hydrogen-bond acceptors (Lipinski definition) is 7. The molecular formula is C16H15N3O2S2. The Bertz CT molecular complexity index is 828. The summed E-state index contributed by atoms with van der Waals surface area (Å²) in [4.78, 5) is 14.0. The third-order valence-corrected chi connectivity index (χ3v) is 5.67. The fraction of sp³-hybridized carbons (Fsp3) is 0.250. The summed E-state index contributed by atoms with van der Waals surface area (Å²) >= 11 is 2.87. The number of nitrogens with two attached hydrogens (primary N) is 1. The van der Waals surface area contributed by atoms with E-state index >= 15 is 0 Å². The maximum atomic E-state index is 12.5. The summed E-state index contributed by atoms with van der Waals surface area (Å²) in [6.45, 7) is 3.93. The van der Waals surface area contributed by atoms with Crippen LogP contribution in [0.1, 0.15) is 35.1 Å². The lowest BCUT2D eigenvalue weighted by Crippen LogP contribution is -2.23. The van der Waals surface area contributed by atoms with Gasteiger partial charge in [-0.05, 0) is 25.3 Å². The van der Waals surface area contributed by atoms with Crippen LogP contribution in [0.3, 0.4) is 0 Å². The van der Waals surface area contributed by atoms with Gasteiger partial charge in [0.15, 0.2) is 0 Å². The summed E-state index contributed by atoms with van der Waals surface area (Å²) in [6, 6.07) is 6.03. The molecule has 0 amide bonds. The highest BCUT2D eigenvalue weighted by molar-refractivity contribution is 7.17. The molecule has 0 saturated heterocycles. The number of carbonyl (C=O) groups is 1. The Morgan fingerprint density at radius 2 is 2.35 bits per heavy atom. The number of rotatable bonds is 3. The van der Waals surface area contributed by atoms with Gasteiger partial charge >= 0.3 is 5.97 Å². The fourth-order valence-electron chi connectivity index (χ4n) is 2.74. The number of nitrogen functional groups attached to an aromatic ring is 1. The standard InChI is InChI=1S/C16H15N3O2S2/c1-3-21-16(20)11-8(2)19-15-13(14(18)10(7-17)23-15)12(11)9-5-4-6-22-9/h4-6,12,19H,3,18H2,1-2H3. The van der Waals surface area contributed by atoms with Crippen molar-refractivity contribution in [2.24, 2.45) is 0 Å². The Hall–Kier alpha value is -2.30. The number of nitrogens with zero attached hydrogens (tertiary/aromatic N) is 1. The molecule has 0 aromatic carbocycles. The molecule has 3 heterocycles. The lowest BCUT2D eigenvalue weighted by atomic mass is 9.86. The predicted octanol–water partition coefficient (Wildman–Crippen LogP) is 3.66. The Morgan fingerprint density at radius 3 is 2.96 bits per heavy atom. The molecule has 1 atom stereocenters. The topological polar surface area (TPSA) is 88.1 Å². The normalized spacial score (nSPS) is 16.5. The minimum Gasteiger partial charge on any atom is -0.463 e. The number of fused-ring (bicyclic) bond motifs is 1. The molecule has 3 N–H and O–H groups in total. The molecule has 0 spiro atoms. The van der Waals surface area contributed by atoms with E-state index in [1.807, 2.05) is 24.4 Å². The minimum atomic E-state index is -0.356. The molecule has 1 unspecified atom stereocenters. The third kappa shape index (κ3) is 2.50. The van der Waals surface area contributed by atoms with Gasteiger partial charge in [0.25, 0.3) is 0 Å². The van der Waals surface area contributed by atoms with Gasteiger partial charge in [0.1, 0.15) is 15.9 Å². The van der Waals surface area contributed by atoms with Crippen molar-refractivity contribution in [3.05, 3.63) is 44.1 Å². The van der Waals surface area contributed by atoms with Crippen molar-refractivity contribution in [3.63, 3.8) is 0 Å². The molecule has 1 aliphatic rings. The Morgan fingerprint density at radius 1 is 1.57 bits per heavy atom. The molecule has 2 aromatic rings. The first-order valence-electron chi connectivity index (χ1n) is 7.09. The van der Waals surface area contributed by atoms with Gasteiger partial charge in [0.05, 0.1) is 23.8 Å². The van der Waals surface area contributed by atoms with Crippen molar-refractivity contribution < 1.29 is 9.53 Å². The monoisotopic (exact) mass is 345 g/mol. The maximum absolute atomic E-state index is 12.5. The first kappa shape index (κ1) is 15.6. The van der Waals surface area contributed by atoms with Gasteiger partial charge in [0.2, 0.25) is 0 Å². The summed E-state index contributed by atoms with van der Waals surface area (Å²) in [6.07, 6.45) is 0. The van der Waals surface area contributed by atoms with Crippen LogP contribution in [0.25, 0.3) is 0 Å². The molecular weight excluding hydrogens is 330 g/mol. The second-order valence-corrected chi connectivity index (χ2v) is 7.03. The second-order valence-electron chi connectivity index (χ2n) is 5.03. The quantitative estimate of drug-likeness (QED) is 0.829. The Labute approximate surface area is 142 Å². The number of thiophene rings is 2. The van der Waals surface area contributed by atoms with Crippen LogP contribution >= 0.6 is 22.7 Å². The van der Waals surface area contributed by atoms with Gasteiger partial charge in [0, 0.05) is 16.1 Å². The zero-order valence-corrected chi connectivity index (χ0v) is 14.3. The highest BCUT2D eigenvalue weighted by Crippen LogP contribution is 2.50. The predicted molar refractivity (Wildman–Crippen MR) is 92.6 cm³/mol. The van der Waals surface area contributed by atoms with Crippen LogP contribution in [0.4, 0.5) is 10.7 Å². The van der Waals surface area contributed by atoms with Gasteiger partial charge < -0.3 is 15.8 Å². The number of esters is 1. The molecule has 23 heavy (non-hydrogen) atoms. The zero-order valence-electron chi connectivity index (χ0n) is 12.7. The van der Waals surface area contributed by atoms with Gasteiger partial charge in [-0.2, -0.15) is 5.26 Å². The fourth-order valence-corrected chi connectivity index (χ4v) is 4.59. The average molecular weight is 345 g/mol. The summed E-state index contributed by atoms with van der Waals surface area (Å²) in [5.74, 6) is -0.658. The van der Waals surface area contributed by atoms with Crippen LogP contribution in [0.2, 0.25) is 0 Å². The number of hydrogen-bond donors (Lipinski definition) is 2. The van der Waals surface area contributed by atoms with E-state index in [0.717, 1.165) is 21.1 Å². The summed E-state index contributed by atoms with van der Waals surface area (Å²) in [5, 5.41) is 15.3. The molecule has 3 rings (SSSR count). The molecule has 2 aromatic heterocycles. The van der Waals surface area contributed by atoms with Crippen LogP contribution < -0.4 is 11.1 Å². The van der Waals surface area contributed by atoms with E-state index in [1.165, 1.54) is 11.3 Å². The lowest BCUT2D eigenvalue weighted by Gasteiger charge is -2.27. The highest BCUT2D eigenvalue weighted by atomic mass is 32.1. The molecule has 5 nitrogen and oxygen atoms in total. The van der Waals surface area contributed by atoms with Gasteiger partial charge in [-0.15, -0.1) is 22.7 Å². The summed E-state index contributed by atoms with van der Waals surface area (Å²) in [7, 11) is 0.